The maximum atomic E-state index is 12.8. The molecule has 0 saturated carbocycles. The Morgan fingerprint density at radius 1 is 0.912 bits per heavy atom. The van der Waals surface area contributed by atoms with Gasteiger partial charge in [-0.05, 0) is 57.5 Å². The summed E-state index contributed by atoms with van der Waals surface area (Å²) in [6.45, 7) is 7.44. The van der Waals surface area contributed by atoms with Gasteiger partial charge in [-0.1, -0.05) is 71.7 Å². The molecule has 7 heteroatoms. The van der Waals surface area contributed by atoms with Crippen molar-refractivity contribution in [3.05, 3.63) is 88.4 Å². The predicted molar refractivity (Wildman–Crippen MR) is 139 cm³/mol. The molecule has 0 spiro atoms. The molecule has 0 aliphatic heterocycles. The first kappa shape index (κ1) is 23.9. The molecule has 34 heavy (non-hydrogen) atoms. The summed E-state index contributed by atoms with van der Waals surface area (Å²) in [5, 5.41) is 4.01. The molecule has 1 heterocycles. The molecule has 0 bridgehead atoms. The Kier molecular flexibility index (Phi) is 6.69. The summed E-state index contributed by atoms with van der Waals surface area (Å²) < 4.78 is 7.51. The molecule has 1 N–H and O–H groups in total. The van der Waals surface area contributed by atoms with Crippen LogP contribution in [-0.4, -0.2) is 21.2 Å². The van der Waals surface area contributed by atoms with Crippen molar-refractivity contribution in [3.8, 4) is 28.3 Å². The van der Waals surface area contributed by atoms with Crippen molar-refractivity contribution < 1.29 is 9.53 Å². The number of amides is 1. The number of carbonyl (C=O) groups excluding carboxylic acids is 1. The molecule has 0 aliphatic rings. The van der Waals surface area contributed by atoms with Gasteiger partial charge in [0.05, 0.1) is 11.4 Å². The van der Waals surface area contributed by atoms with Gasteiger partial charge in [0.2, 0.25) is 0 Å². The second kappa shape index (κ2) is 9.53. The second-order valence-electron chi connectivity index (χ2n) is 8.90. The minimum Gasteiger partial charge on any atom is -0.444 e. The molecule has 0 atom stereocenters. The van der Waals surface area contributed by atoms with Crippen LogP contribution >= 0.6 is 23.2 Å². The van der Waals surface area contributed by atoms with E-state index in [1.807, 2.05) is 99.0 Å². The lowest BCUT2D eigenvalue weighted by molar-refractivity contribution is 0.0635. The van der Waals surface area contributed by atoms with Crippen LogP contribution in [0, 0.1) is 6.92 Å². The van der Waals surface area contributed by atoms with Gasteiger partial charge >= 0.3 is 6.09 Å². The SMILES string of the molecule is Cc1ccc(Cl)cc1-n1c(-c2ccccc2)nc(NC(=O)OC(C)(C)C)c1-c1cccc(Cl)c1. The van der Waals surface area contributed by atoms with E-state index in [9.17, 15) is 4.79 Å². The maximum absolute atomic E-state index is 12.8. The standard InChI is InChI=1S/C27H25Cl2N3O2/c1-17-13-14-21(29)16-22(17)32-23(19-11-8-12-20(28)15-19)24(31-26(33)34-27(2,3)4)30-25(32)18-9-6-5-7-10-18/h5-16H,1-4H3,(H,31,33). The second-order valence-corrected chi connectivity index (χ2v) is 9.77. The summed E-state index contributed by atoms with van der Waals surface area (Å²) in [6, 6.07) is 22.9. The lowest BCUT2D eigenvalue weighted by atomic mass is 10.1. The third-order valence-electron chi connectivity index (χ3n) is 5.04. The zero-order valence-corrected chi connectivity index (χ0v) is 20.9. The molecule has 174 valence electrons. The number of benzene rings is 3. The molecular formula is C27H25Cl2N3O2. The zero-order chi connectivity index (χ0) is 24.5. The van der Waals surface area contributed by atoms with Gasteiger partial charge in [-0.3, -0.25) is 9.88 Å². The number of nitrogens with one attached hydrogen (secondary N) is 1. The number of ether oxygens (including phenoxy) is 1. The number of carbonyl (C=O) groups is 1. The van der Waals surface area contributed by atoms with Gasteiger partial charge in [-0.15, -0.1) is 0 Å². The molecule has 4 aromatic rings. The number of nitrogens with zero attached hydrogens (tertiary/aromatic N) is 2. The number of rotatable bonds is 4. The Bertz CT molecular complexity index is 1340. The summed E-state index contributed by atoms with van der Waals surface area (Å²) in [6.07, 6.45) is -0.595. The highest BCUT2D eigenvalue weighted by atomic mass is 35.5. The molecule has 1 amide bonds. The molecular weight excluding hydrogens is 469 g/mol. The summed E-state index contributed by atoms with van der Waals surface area (Å²) in [7, 11) is 0. The topological polar surface area (TPSA) is 56.2 Å². The van der Waals surface area contributed by atoms with Crippen LogP contribution in [0.3, 0.4) is 0 Å². The van der Waals surface area contributed by atoms with Gasteiger partial charge < -0.3 is 4.74 Å². The van der Waals surface area contributed by atoms with Crippen LogP contribution in [0.4, 0.5) is 10.6 Å². The minimum absolute atomic E-state index is 0.356. The van der Waals surface area contributed by atoms with Crippen molar-refractivity contribution in [1.82, 2.24) is 9.55 Å². The monoisotopic (exact) mass is 493 g/mol. The van der Waals surface area contributed by atoms with Crippen molar-refractivity contribution >= 4 is 35.1 Å². The number of aryl methyl sites for hydroxylation is 1. The Balaban J connectivity index is 2.03. The number of halogens is 2. The maximum Gasteiger partial charge on any atom is 0.413 e. The Labute approximate surface area is 209 Å². The minimum atomic E-state index is -0.658. The van der Waals surface area contributed by atoms with E-state index in [4.69, 9.17) is 32.9 Å². The Morgan fingerprint density at radius 3 is 2.26 bits per heavy atom. The molecule has 5 nitrogen and oxygen atoms in total. The Morgan fingerprint density at radius 2 is 1.59 bits per heavy atom. The predicted octanol–water partition coefficient (Wildman–Crippen LogP) is 8.17. The average Bonchev–Trinajstić information content (AvgIpc) is 3.13. The fourth-order valence-electron chi connectivity index (χ4n) is 3.65. The first-order valence-corrected chi connectivity index (χ1v) is 11.6. The van der Waals surface area contributed by atoms with Crippen LogP contribution in [0.1, 0.15) is 26.3 Å². The first-order chi connectivity index (χ1) is 16.1. The summed E-state index contributed by atoms with van der Waals surface area (Å²) in [5.41, 5.74) is 3.50. The highest BCUT2D eigenvalue weighted by molar-refractivity contribution is 6.31. The molecule has 0 unspecified atom stereocenters. The largest absolute Gasteiger partial charge is 0.444 e. The van der Waals surface area contributed by atoms with Crippen LogP contribution in [0.25, 0.3) is 28.3 Å². The van der Waals surface area contributed by atoms with E-state index < -0.39 is 11.7 Å². The van der Waals surface area contributed by atoms with E-state index >= 15 is 0 Å². The molecule has 4 rings (SSSR count). The van der Waals surface area contributed by atoms with E-state index in [0.29, 0.717) is 27.4 Å². The van der Waals surface area contributed by atoms with Gasteiger partial charge in [0.25, 0.3) is 0 Å². The van der Waals surface area contributed by atoms with Crippen molar-refractivity contribution in [2.75, 3.05) is 5.32 Å². The van der Waals surface area contributed by atoms with Crippen molar-refractivity contribution in [1.29, 1.82) is 0 Å². The molecule has 0 aliphatic carbocycles. The molecule has 3 aromatic carbocycles. The molecule has 1 aromatic heterocycles. The van der Waals surface area contributed by atoms with Crippen molar-refractivity contribution in [2.45, 2.75) is 33.3 Å². The lowest BCUT2D eigenvalue weighted by Gasteiger charge is -2.20. The normalized spacial score (nSPS) is 11.4. The van der Waals surface area contributed by atoms with Crippen molar-refractivity contribution in [2.24, 2.45) is 0 Å². The number of imidazole rings is 1. The first-order valence-electron chi connectivity index (χ1n) is 10.8. The van der Waals surface area contributed by atoms with Crippen LogP contribution in [0.15, 0.2) is 72.8 Å². The van der Waals surface area contributed by atoms with E-state index in [1.54, 1.807) is 6.07 Å². The van der Waals surface area contributed by atoms with Crippen LogP contribution in [0.5, 0.6) is 0 Å². The average molecular weight is 494 g/mol. The molecule has 0 saturated heterocycles. The summed E-state index contributed by atoms with van der Waals surface area (Å²) in [5.74, 6) is 1.00. The summed E-state index contributed by atoms with van der Waals surface area (Å²) in [4.78, 5) is 17.6. The fraction of sp³-hybridized carbons (Fsp3) is 0.185. The summed E-state index contributed by atoms with van der Waals surface area (Å²) >= 11 is 12.8. The van der Waals surface area contributed by atoms with Gasteiger partial charge in [0.1, 0.15) is 11.4 Å². The van der Waals surface area contributed by atoms with Crippen molar-refractivity contribution in [3.63, 3.8) is 0 Å². The van der Waals surface area contributed by atoms with Crippen LogP contribution in [0.2, 0.25) is 10.0 Å². The van der Waals surface area contributed by atoms with Gasteiger partial charge in [0, 0.05) is 21.2 Å². The third-order valence-corrected chi connectivity index (χ3v) is 5.51. The molecule has 0 fully saturated rings. The lowest BCUT2D eigenvalue weighted by Crippen LogP contribution is -2.27. The van der Waals surface area contributed by atoms with Gasteiger partial charge in [-0.2, -0.15) is 0 Å². The van der Waals surface area contributed by atoms with Gasteiger partial charge in [0.15, 0.2) is 5.82 Å². The third kappa shape index (κ3) is 5.27. The zero-order valence-electron chi connectivity index (χ0n) is 19.4. The fourth-order valence-corrected chi connectivity index (χ4v) is 4.01. The van der Waals surface area contributed by atoms with Crippen LogP contribution in [-0.2, 0) is 4.74 Å². The van der Waals surface area contributed by atoms with E-state index in [1.165, 1.54) is 0 Å². The highest BCUT2D eigenvalue weighted by Crippen LogP contribution is 2.38. The number of anilines is 1. The Hall–Kier alpha value is -3.28. The number of aromatic nitrogens is 2. The molecule has 0 radical (unpaired) electrons. The highest BCUT2D eigenvalue weighted by Gasteiger charge is 2.25. The quantitative estimate of drug-likeness (QED) is 0.311. The smallest absolute Gasteiger partial charge is 0.413 e. The van der Waals surface area contributed by atoms with E-state index in [0.717, 1.165) is 22.4 Å². The number of hydrogen-bond donors (Lipinski definition) is 1. The van der Waals surface area contributed by atoms with Gasteiger partial charge in [-0.25, -0.2) is 9.78 Å². The van der Waals surface area contributed by atoms with Crippen LogP contribution < -0.4 is 5.32 Å². The number of hydrogen-bond acceptors (Lipinski definition) is 3. The van der Waals surface area contributed by atoms with E-state index in [2.05, 4.69) is 5.32 Å². The van der Waals surface area contributed by atoms with E-state index in [-0.39, 0.29) is 0 Å².